The zero-order valence-electron chi connectivity index (χ0n) is 16.0. The monoisotopic (exact) mass is 579 g/mol. The molecular weight excluding hydrogens is 558 g/mol. The van der Waals surface area contributed by atoms with Crippen LogP contribution >= 0.6 is 46.2 Å². The standard InChI is InChI=1S/2C12H11P.3ClH.Ru/c2*1-3-7-11(8-4-1)13-12-9-5-2-6-10-12;;;;/h2*1-10,13H;3*1H;/q;;;;;+3/p-3. The van der Waals surface area contributed by atoms with Crippen LogP contribution in [-0.2, 0) is 13.0 Å². The minimum absolute atomic E-state index is 0.777. The fraction of sp³-hybridized carbons (Fsp3) is 0. The molecule has 4 aromatic rings. The van der Waals surface area contributed by atoms with Gasteiger partial charge in [-0.05, 0) is 21.2 Å². The van der Waals surface area contributed by atoms with Gasteiger partial charge in [-0.2, -0.15) is 0 Å². The molecule has 0 atom stereocenters. The van der Waals surface area contributed by atoms with Crippen LogP contribution < -0.4 is 21.2 Å². The second kappa shape index (κ2) is 15.9. The Morgan fingerprint density at radius 1 is 0.367 bits per heavy atom. The summed E-state index contributed by atoms with van der Waals surface area (Å²) in [5.74, 6) is 0. The molecule has 0 N–H and O–H groups in total. The molecule has 157 valence electrons. The molecule has 0 bridgehead atoms. The minimum Gasteiger partial charge on any atom is -0.0622 e. The third-order valence-corrected chi connectivity index (χ3v) is 6.16. The van der Waals surface area contributed by atoms with E-state index in [2.05, 4.69) is 121 Å². The first-order chi connectivity index (χ1) is 14.6. The zero-order valence-corrected chi connectivity index (χ0v) is 22.0. The summed E-state index contributed by atoms with van der Waals surface area (Å²) in [6, 6.07) is 42.3. The maximum Gasteiger partial charge on any atom is -0.0226 e. The van der Waals surface area contributed by atoms with Crippen molar-refractivity contribution < 1.29 is 13.0 Å². The van der Waals surface area contributed by atoms with E-state index in [-0.39, 0.29) is 0 Å². The summed E-state index contributed by atoms with van der Waals surface area (Å²) in [6.45, 7) is 0. The van der Waals surface area contributed by atoms with E-state index in [1.807, 2.05) is 0 Å². The van der Waals surface area contributed by atoms with E-state index < -0.39 is 13.0 Å². The summed E-state index contributed by atoms with van der Waals surface area (Å²) in [5, 5.41) is 5.59. The predicted molar refractivity (Wildman–Crippen MR) is 138 cm³/mol. The molecule has 0 aliphatic rings. The largest absolute Gasteiger partial charge is 0.0622 e. The van der Waals surface area contributed by atoms with Crippen LogP contribution in [-0.4, -0.2) is 0 Å². The summed E-state index contributed by atoms with van der Waals surface area (Å²) in [4.78, 5) is 0. The Morgan fingerprint density at radius 3 is 0.700 bits per heavy atom. The topological polar surface area (TPSA) is 0 Å². The summed E-state index contributed by atoms with van der Waals surface area (Å²) < 4.78 is 0. The third kappa shape index (κ3) is 12.2. The van der Waals surface area contributed by atoms with Gasteiger partial charge >= 0.3 is 42.1 Å². The second-order valence-corrected chi connectivity index (χ2v) is 16.6. The Morgan fingerprint density at radius 2 is 0.533 bits per heavy atom. The van der Waals surface area contributed by atoms with Gasteiger partial charge in [-0.1, -0.05) is 138 Å². The molecule has 0 aliphatic heterocycles. The molecule has 0 spiro atoms. The van der Waals surface area contributed by atoms with Crippen molar-refractivity contribution in [3.63, 3.8) is 0 Å². The number of benzene rings is 4. The molecule has 30 heavy (non-hydrogen) atoms. The SMILES string of the molecule is [Cl][Ru]([Cl])[Cl].c1ccc(Pc2ccccc2)cc1.c1ccc(Pc2ccccc2)cc1. The Bertz CT molecular complexity index is 771. The molecule has 0 saturated heterocycles. The van der Waals surface area contributed by atoms with Gasteiger partial charge in [0.25, 0.3) is 0 Å². The zero-order chi connectivity index (χ0) is 21.4. The summed E-state index contributed by atoms with van der Waals surface area (Å²) >= 11 is -1.75. The molecular formula is C24H22Cl3P2Ru. The molecule has 0 aliphatic carbocycles. The smallest absolute Gasteiger partial charge is 0.0226 e. The molecule has 0 amide bonds. The van der Waals surface area contributed by atoms with Crippen molar-refractivity contribution in [1.29, 1.82) is 0 Å². The van der Waals surface area contributed by atoms with Crippen molar-refractivity contribution in [3.05, 3.63) is 121 Å². The van der Waals surface area contributed by atoms with Crippen LogP contribution in [0.15, 0.2) is 121 Å². The summed E-state index contributed by atoms with van der Waals surface area (Å²) in [7, 11) is 16.4. The van der Waals surface area contributed by atoms with E-state index in [4.69, 9.17) is 29.1 Å². The number of halogens is 3. The first-order valence-electron chi connectivity index (χ1n) is 9.04. The Balaban J connectivity index is 0.000000182. The fourth-order valence-corrected chi connectivity index (χ4v) is 4.52. The molecule has 0 heterocycles. The molecule has 0 unspecified atom stereocenters. The van der Waals surface area contributed by atoms with Gasteiger partial charge in [0.05, 0.1) is 0 Å². The number of hydrogen-bond acceptors (Lipinski definition) is 0. The Kier molecular flexibility index (Phi) is 13.6. The van der Waals surface area contributed by atoms with Crippen LogP contribution in [0.3, 0.4) is 0 Å². The molecule has 0 radical (unpaired) electrons. The number of hydrogen-bond donors (Lipinski definition) is 0. The van der Waals surface area contributed by atoms with Crippen LogP contribution in [0, 0.1) is 0 Å². The van der Waals surface area contributed by atoms with Crippen molar-refractivity contribution in [2.24, 2.45) is 0 Å². The predicted octanol–water partition coefficient (Wildman–Crippen LogP) is 6.70. The van der Waals surface area contributed by atoms with E-state index in [0.29, 0.717) is 0 Å². The molecule has 0 aromatic heterocycles. The van der Waals surface area contributed by atoms with E-state index in [1.54, 1.807) is 0 Å². The normalized spacial score (nSPS) is 10.0. The van der Waals surface area contributed by atoms with Gasteiger partial charge in [0.15, 0.2) is 0 Å². The van der Waals surface area contributed by atoms with E-state index in [1.165, 1.54) is 21.2 Å². The Labute approximate surface area is 200 Å². The van der Waals surface area contributed by atoms with Gasteiger partial charge in [-0.25, -0.2) is 0 Å². The van der Waals surface area contributed by atoms with Gasteiger partial charge in [0.1, 0.15) is 0 Å². The molecule has 4 aromatic carbocycles. The Hall–Kier alpha value is -0.767. The first kappa shape index (κ1) is 25.5. The van der Waals surface area contributed by atoms with E-state index >= 15 is 0 Å². The maximum absolute atomic E-state index is 4.95. The van der Waals surface area contributed by atoms with Crippen molar-refractivity contribution in [1.82, 2.24) is 0 Å². The minimum atomic E-state index is -1.75. The summed E-state index contributed by atoms with van der Waals surface area (Å²) in [6.07, 6.45) is 0. The van der Waals surface area contributed by atoms with Crippen LogP contribution in [0.4, 0.5) is 0 Å². The van der Waals surface area contributed by atoms with Gasteiger partial charge in [0.2, 0.25) is 0 Å². The average Bonchev–Trinajstić information content (AvgIpc) is 2.77. The van der Waals surface area contributed by atoms with Gasteiger partial charge < -0.3 is 0 Å². The maximum atomic E-state index is 4.95. The van der Waals surface area contributed by atoms with Crippen LogP contribution in [0.5, 0.6) is 0 Å². The first-order valence-corrected chi connectivity index (χ1v) is 17.8. The van der Waals surface area contributed by atoms with Crippen molar-refractivity contribution in [2.45, 2.75) is 0 Å². The van der Waals surface area contributed by atoms with Gasteiger partial charge in [-0.3, -0.25) is 0 Å². The van der Waals surface area contributed by atoms with Crippen molar-refractivity contribution >= 4 is 67.5 Å². The van der Waals surface area contributed by atoms with Gasteiger partial charge in [-0.15, -0.1) is 0 Å². The van der Waals surface area contributed by atoms with E-state index in [9.17, 15) is 0 Å². The summed E-state index contributed by atoms with van der Waals surface area (Å²) in [5.41, 5.74) is 0. The second-order valence-electron chi connectivity index (χ2n) is 5.87. The van der Waals surface area contributed by atoms with Crippen LogP contribution in [0.25, 0.3) is 0 Å². The fourth-order valence-electron chi connectivity index (χ4n) is 2.42. The molecule has 0 nitrogen and oxygen atoms in total. The van der Waals surface area contributed by atoms with Crippen LogP contribution in [0.2, 0.25) is 0 Å². The molecule has 6 heteroatoms. The quantitative estimate of drug-likeness (QED) is 0.187. The average molecular weight is 580 g/mol. The molecule has 0 fully saturated rings. The molecule has 4 rings (SSSR count). The van der Waals surface area contributed by atoms with Crippen LogP contribution in [0.1, 0.15) is 0 Å². The van der Waals surface area contributed by atoms with Crippen molar-refractivity contribution in [3.8, 4) is 0 Å². The van der Waals surface area contributed by atoms with E-state index in [0.717, 1.165) is 17.2 Å². The molecule has 0 saturated carbocycles. The third-order valence-electron chi connectivity index (χ3n) is 3.67. The van der Waals surface area contributed by atoms with Crippen molar-refractivity contribution in [2.75, 3.05) is 0 Å². The van der Waals surface area contributed by atoms with Gasteiger partial charge in [0, 0.05) is 0 Å². The number of rotatable bonds is 4.